The summed E-state index contributed by atoms with van der Waals surface area (Å²) in [6.45, 7) is 2.99. The van der Waals surface area contributed by atoms with Gasteiger partial charge in [0.1, 0.15) is 12.3 Å². The molecule has 1 heterocycles. The molecule has 88 valence electrons. The van der Waals surface area contributed by atoms with Gasteiger partial charge in [-0.15, -0.1) is 0 Å². The molecule has 0 spiro atoms. The van der Waals surface area contributed by atoms with Crippen molar-refractivity contribution < 1.29 is 8.78 Å². The summed E-state index contributed by atoms with van der Waals surface area (Å²) >= 11 is 0. The molecular formula is C12H21F2N. The topological polar surface area (TPSA) is 12.0 Å². The lowest BCUT2D eigenvalue weighted by atomic mass is 9.78. The van der Waals surface area contributed by atoms with Crippen molar-refractivity contribution in [3.63, 3.8) is 0 Å². The second-order valence-electron chi connectivity index (χ2n) is 5.30. The third-order valence-corrected chi connectivity index (χ3v) is 3.93. The molecule has 3 atom stereocenters. The van der Waals surface area contributed by atoms with Gasteiger partial charge in [0, 0.05) is 6.04 Å². The van der Waals surface area contributed by atoms with Crippen LogP contribution in [-0.2, 0) is 0 Å². The molecule has 1 saturated heterocycles. The normalized spacial score (nSPS) is 47.8. The second kappa shape index (κ2) is 4.77. The number of alkyl halides is 2. The smallest absolute Gasteiger partial charge is 0.116 e. The maximum Gasteiger partial charge on any atom is 0.116 e. The van der Waals surface area contributed by atoms with Gasteiger partial charge in [-0.1, -0.05) is 6.92 Å². The van der Waals surface area contributed by atoms with Crippen LogP contribution in [0, 0.1) is 11.8 Å². The van der Waals surface area contributed by atoms with Crippen LogP contribution in [0.4, 0.5) is 8.78 Å². The summed E-state index contributed by atoms with van der Waals surface area (Å²) in [6, 6.07) is -0.00583. The van der Waals surface area contributed by atoms with Crippen LogP contribution in [-0.4, -0.2) is 24.9 Å². The van der Waals surface area contributed by atoms with Crippen LogP contribution in [0.5, 0.6) is 0 Å². The third-order valence-electron chi connectivity index (χ3n) is 3.93. The Morgan fingerprint density at radius 2 is 1.73 bits per heavy atom. The number of halogens is 2. The molecule has 0 radical (unpaired) electrons. The van der Waals surface area contributed by atoms with Crippen LogP contribution in [0.2, 0.25) is 0 Å². The molecule has 1 aliphatic heterocycles. The standard InChI is InChI=1S/C12H21F2N/c1-8-6-11(14)12(15-7-8)9-2-4-10(13)5-3-9/h8-12,15H,2-7H2,1H3. The van der Waals surface area contributed by atoms with Crippen LogP contribution in [0.1, 0.15) is 39.0 Å². The van der Waals surface area contributed by atoms with Crippen LogP contribution < -0.4 is 5.32 Å². The highest BCUT2D eigenvalue weighted by Crippen LogP contribution is 2.33. The number of hydrogen-bond donors (Lipinski definition) is 1. The maximum absolute atomic E-state index is 13.8. The van der Waals surface area contributed by atoms with Gasteiger partial charge < -0.3 is 5.32 Å². The van der Waals surface area contributed by atoms with Crippen LogP contribution in [0.3, 0.4) is 0 Å². The SMILES string of the molecule is CC1CNC(C2CCC(F)CC2)C(F)C1. The lowest BCUT2D eigenvalue weighted by Gasteiger charge is -2.38. The Bertz CT molecular complexity index is 202. The molecule has 0 aromatic carbocycles. The van der Waals surface area contributed by atoms with E-state index < -0.39 is 12.3 Å². The molecule has 0 aromatic heterocycles. The first kappa shape index (κ1) is 11.3. The number of piperidine rings is 1. The van der Waals surface area contributed by atoms with Crippen LogP contribution in [0.15, 0.2) is 0 Å². The Morgan fingerprint density at radius 3 is 2.33 bits per heavy atom. The van der Waals surface area contributed by atoms with Crippen molar-refractivity contribution in [1.82, 2.24) is 5.32 Å². The van der Waals surface area contributed by atoms with Gasteiger partial charge in [-0.3, -0.25) is 0 Å². The molecule has 2 rings (SSSR count). The van der Waals surface area contributed by atoms with Crippen LogP contribution >= 0.6 is 0 Å². The molecule has 3 unspecified atom stereocenters. The molecular weight excluding hydrogens is 196 g/mol. The molecule has 0 bridgehead atoms. The summed E-state index contributed by atoms with van der Waals surface area (Å²) in [4.78, 5) is 0. The van der Waals surface area contributed by atoms with E-state index in [-0.39, 0.29) is 6.04 Å². The van der Waals surface area contributed by atoms with E-state index >= 15 is 0 Å². The largest absolute Gasteiger partial charge is 0.311 e. The summed E-state index contributed by atoms with van der Waals surface area (Å²) < 4.78 is 26.8. The van der Waals surface area contributed by atoms with Crippen molar-refractivity contribution in [2.45, 2.75) is 57.4 Å². The first-order valence-corrected chi connectivity index (χ1v) is 6.18. The van der Waals surface area contributed by atoms with E-state index in [4.69, 9.17) is 0 Å². The monoisotopic (exact) mass is 217 g/mol. The average molecular weight is 217 g/mol. The maximum atomic E-state index is 13.8. The summed E-state index contributed by atoms with van der Waals surface area (Å²) in [7, 11) is 0. The van der Waals surface area contributed by atoms with Crippen molar-refractivity contribution in [2.24, 2.45) is 11.8 Å². The minimum atomic E-state index is -0.727. The number of nitrogens with one attached hydrogen (secondary N) is 1. The Morgan fingerprint density at radius 1 is 1.07 bits per heavy atom. The van der Waals surface area contributed by atoms with E-state index in [0.717, 1.165) is 19.4 Å². The lowest BCUT2D eigenvalue weighted by molar-refractivity contribution is 0.0903. The highest BCUT2D eigenvalue weighted by Gasteiger charge is 2.35. The predicted molar refractivity (Wildman–Crippen MR) is 57.3 cm³/mol. The number of rotatable bonds is 1. The van der Waals surface area contributed by atoms with Gasteiger partial charge in [0.25, 0.3) is 0 Å². The van der Waals surface area contributed by atoms with Gasteiger partial charge in [0.05, 0.1) is 0 Å². The molecule has 3 heteroatoms. The van der Waals surface area contributed by atoms with E-state index in [9.17, 15) is 8.78 Å². The summed E-state index contributed by atoms with van der Waals surface area (Å²) in [5, 5.41) is 3.31. The van der Waals surface area contributed by atoms with Crippen molar-refractivity contribution in [2.75, 3.05) is 6.54 Å². The molecule has 0 amide bonds. The fourth-order valence-corrected chi connectivity index (χ4v) is 2.98. The molecule has 1 N–H and O–H groups in total. The summed E-state index contributed by atoms with van der Waals surface area (Å²) in [6.07, 6.45) is 2.28. The van der Waals surface area contributed by atoms with Crippen molar-refractivity contribution in [3.05, 3.63) is 0 Å². The van der Waals surface area contributed by atoms with Gasteiger partial charge in [-0.25, -0.2) is 8.78 Å². The predicted octanol–water partition coefficient (Wildman–Crippen LogP) is 2.85. The van der Waals surface area contributed by atoms with Crippen molar-refractivity contribution >= 4 is 0 Å². The molecule has 2 aliphatic rings. The zero-order valence-corrected chi connectivity index (χ0v) is 9.39. The highest BCUT2D eigenvalue weighted by atomic mass is 19.1. The fourth-order valence-electron chi connectivity index (χ4n) is 2.98. The van der Waals surface area contributed by atoms with Gasteiger partial charge >= 0.3 is 0 Å². The van der Waals surface area contributed by atoms with E-state index in [1.54, 1.807) is 0 Å². The van der Waals surface area contributed by atoms with Gasteiger partial charge in [0.15, 0.2) is 0 Å². The average Bonchev–Trinajstić information content (AvgIpc) is 2.20. The lowest BCUT2D eigenvalue weighted by Crippen LogP contribution is -2.51. The molecule has 2 fully saturated rings. The summed E-state index contributed by atoms with van der Waals surface area (Å²) in [5.74, 6) is 0.799. The zero-order chi connectivity index (χ0) is 10.8. The molecule has 1 aliphatic carbocycles. The van der Waals surface area contributed by atoms with E-state index in [0.29, 0.717) is 31.1 Å². The Hall–Kier alpha value is -0.180. The van der Waals surface area contributed by atoms with Crippen molar-refractivity contribution in [3.8, 4) is 0 Å². The molecule has 15 heavy (non-hydrogen) atoms. The Labute approximate surface area is 90.6 Å². The minimum Gasteiger partial charge on any atom is -0.311 e. The molecule has 0 aromatic rings. The molecule has 1 nitrogen and oxygen atoms in total. The first-order chi connectivity index (χ1) is 7.16. The summed E-state index contributed by atoms with van der Waals surface area (Å²) in [5.41, 5.74) is 0. The van der Waals surface area contributed by atoms with Crippen molar-refractivity contribution in [1.29, 1.82) is 0 Å². The molecule has 1 saturated carbocycles. The number of hydrogen-bond acceptors (Lipinski definition) is 1. The van der Waals surface area contributed by atoms with Crippen LogP contribution in [0.25, 0.3) is 0 Å². The first-order valence-electron chi connectivity index (χ1n) is 6.18. The quantitative estimate of drug-likeness (QED) is 0.712. The second-order valence-corrected chi connectivity index (χ2v) is 5.30. The minimum absolute atomic E-state index is 0.00583. The fraction of sp³-hybridized carbons (Fsp3) is 1.00. The van der Waals surface area contributed by atoms with E-state index in [2.05, 4.69) is 12.2 Å². The van der Waals surface area contributed by atoms with Gasteiger partial charge in [-0.05, 0) is 50.5 Å². The third kappa shape index (κ3) is 2.68. The Kier molecular flexibility index (Phi) is 3.60. The zero-order valence-electron chi connectivity index (χ0n) is 9.39. The highest BCUT2D eigenvalue weighted by molar-refractivity contribution is 4.91. The Balaban J connectivity index is 1.87. The van der Waals surface area contributed by atoms with Gasteiger partial charge in [0.2, 0.25) is 0 Å². The van der Waals surface area contributed by atoms with Gasteiger partial charge in [-0.2, -0.15) is 0 Å². The van der Waals surface area contributed by atoms with E-state index in [1.165, 1.54) is 0 Å². The van der Waals surface area contributed by atoms with E-state index in [1.807, 2.05) is 0 Å².